The van der Waals surface area contributed by atoms with E-state index in [2.05, 4.69) is 30.4 Å². The number of nitrogens with one attached hydrogen (secondary N) is 1. The molecular weight excluding hydrogens is 385 g/mol. The third kappa shape index (κ3) is 2.72. The van der Waals surface area contributed by atoms with E-state index in [0.29, 0.717) is 5.95 Å². The molecule has 2 saturated heterocycles. The summed E-state index contributed by atoms with van der Waals surface area (Å²) in [4.78, 5) is 25.1. The van der Waals surface area contributed by atoms with Crippen molar-refractivity contribution in [3.05, 3.63) is 53.9 Å². The van der Waals surface area contributed by atoms with Crippen molar-refractivity contribution >= 4 is 12.2 Å². The third-order valence-electron chi connectivity index (χ3n) is 6.52. The van der Waals surface area contributed by atoms with Gasteiger partial charge in [-0.2, -0.15) is 15.0 Å². The lowest BCUT2D eigenvalue weighted by Gasteiger charge is -2.49. The minimum absolute atomic E-state index is 0.205. The fraction of sp³-hybridized carbons (Fsp3) is 0.476. The molecule has 0 saturated carbocycles. The van der Waals surface area contributed by atoms with Crippen LogP contribution in [0.25, 0.3) is 0 Å². The second-order valence-corrected chi connectivity index (χ2v) is 8.38. The van der Waals surface area contributed by atoms with Crippen molar-refractivity contribution in [1.82, 2.24) is 29.9 Å². The number of anilines is 1. The monoisotopic (exact) mass is 409 g/mol. The molecule has 30 heavy (non-hydrogen) atoms. The molecule has 0 spiro atoms. The summed E-state index contributed by atoms with van der Waals surface area (Å²) in [6.07, 6.45) is 12.1. The van der Waals surface area contributed by atoms with Crippen LogP contribution in [0.5, 0.6) is 0 Å². The number of allylic oxidation sites excluding steroid dienone is 2. The van der Waals surface area contributed by atoms with Gasteiger partial charge in [0.2, 0.25) is 5.95 Å². The second kappa shape index (κ2) is 6.80. The predicted molar refractivity (Wildman–Crippen MR) is 108 cm³/mol. The average Bonchev–Trinajstić information content (AvgIpc) is 3.43. The maximum Gasteiger partial charge on any atom is 0.224 e. The van der Waals surface area contributed by atoms with Crippen LogP contribution in [0.2, 0.25) is 0 Å². The highest BCUT2D eigenvalue weighted by Crippen LogP contribution is 2.54. The number of carbonyl (C=O) groups is 1. The molecule has 2 fully saturated rings. The van der Waals surface area contributed by atoms with Crippen molar-refractivity contribution in [3.63, 3.8) is 0 Å². The molecule has 5 rings (SSSR count). The van der Waals surface area contributed by atoms with E-state index in [1.807, 2.05) is 19.9 Å². The number of aromatic nitrogens is 5. The summed E-state index contributed by atoms with van der Waals surface area (Å²) in [5.41, 5.74) is 0.255. The highest BCUT2D eigenvalue weighted by Gasteiger charge is 2.63. The van der Waals surface area contributed by atoms with Crippen LogP contribution in [-0.2, 0) is 10.5 Å². The van der Waals surface area contributed by atoms with Crippen LogP contribution in [0, 0.1) is 19.8 Å². The molecule has 4 heterocycles. The van der Waals surface area contributed by atoms with Gasteiger partial charge < -0.3 is 10.1 Å². The van der Waals surface area contributed by atoms with Crippen LogP contribution in [0.1, 0.15) is 37.1 Å². The number of rotatable bonds is 5. The van der Waals surface area contributed by atoms with Crippen LogP contribution in [0.15, 0.2) is 42.5 Å². The van der Waals surface area contributed by atoms with Gasteiger partial charge in [0.05, 0.1) is 24.0 Å². The lowest BCUT2D eigenvalue weighted by Crippen LogP contribution is -2.64. The van der Waals surface area contributed by atoms with Crippen molar-refractivity contribution in [2.75, 3.05) is 5.32 Å². The van der Waals surface area contributed by atoms with Gasteiger partial charge in [0, 0.05) is 17.4 Å². The largest absolute Gasteiger partial charge is 0.336 e. The maximum absolute atomic E-state index is 14.1. The quantitative estimate of drug-likeness (QED) is 0.760. The standard InChI is InChI=1S/C21H24FN7O/c1-14-11-15(2)26-19(25-14)27-20-6-4-18(5-7-20)28(20)21(29-23-9-10-24-29)8-3-17(22)12-16(21)13-30/h3,8-13,16,18H,4-7H2,1-2H3,(H,25,26,27). The van der Waals surface area contributed by atoms with Crippen molar-refractivity contribution < 1.29 is 9.18 Å². The Morgan fingerprint density at radius 1 is 1.17 bits per heavy atom. The molecular formula is C21H24FN7O. The Morgan fingerprint density at radius 2 is 1.83 bits per heavy atom. The molecule has 3 aliphatic rings. The minimum Gasteiger partial charge on any atom is -0.336 e. The second-order valence-electron chi connectivity index (χ2n) is 8.38. The molecule has 0 amide bonds. The summed E-state index contributed by atoms with van der Waals surface area (Å²) < 4.78 is 14.1. The summed E-state index contributed by atoms with van der Waals surface area (Å²) in [5, 5.41) is 12.4. The number of aryl methyl sites for hydroxylation is 2. The van der Waals surface area contributed by atoms with E-state index in [1.54, 1.807) is 18.5 Å². The topological polar surface area (TPSA) is 88.8 Å². The maximum atomic E-state index is 14.1. The van der Waals surface area contributed by atoms with E-state index < -0.39 is 23.1 Å². The number of halogens is 1. The minimum atomic E-state index is -1.04. The molecule has 0 radical (unpaired) electrons. The van der Waals surface area contributed by atoms with Crippen LogP contribution < -0.4 is 5.32 Å². The predicted octanol–water partition coefficient (Wildman–Crippen LogP) is 2.64. The van der Waals surface area contributed by atoms with Crippen LogP contribution in [0.4, 0.5) is 10.3 Å². The fourth-order valence-electron chi connectivity index (χ4n) is 5.48. The van der Waals surface area contributed by atoms with Gasteiger partial charge in [-0.05, 0) is 63.8 Å². The summed E-state index contributed by atoms with van der Waals surface area (Å²) in [6.45, 7) is 3.88. The molecule has 0 aromatic carbocycles. The molecule has 2 atom stereocenters. The molecule has 9 heteroatoms. The lowest BCUT2D eigenvalue weighted by atomic mass is 9.86. The van der Waals surface area contributed by atoms with Gasteiger partial charge in [0.1, 0.15) is 12.1 Å². The van der Waals surface area contributed by atoms with Crippen molar-refractivity contribution in [1.29, 1.82) is 0 Å². The van der Waals surface area contributed by atoms with Gasteiger partial charge in [-0.3, -0.25) is 0 Å². The Morgan fingerprint density at radius 3 is 2.47 bits per heavy atom. The van der Waals surface area contributed by atoms with Gasteiger partial charge in [0.15, 0.2) is 5.66 Å². The molecule has 8 nitrogen and oxygen atoms in total. The van der Waals surface area contributed by atoms with Gasteiger partial charge in [-0.15, -0.1) is 0 Å². The Balaban J connectivity index is 1.64. The number of aldehydes is 1. The Labute approximate surface area is 173 Å². The summed E-state index contributed by atoms with van der Waals surface area (Å²) in [6, 6.07) is 2.14. The van der Waals surface area contributed by atoms with E-state index in [0.717, 1.165) is 43.4 Å². The molecule has 156 valence electrons. The molecule has 2 unspecified atom stereocenters. The van der Waals surface area contributed by atoms with E-state index in [9.17, 15) is 9.18 Å². The first kappa shape index (κ1) is 19.0. The van der Waals surface area contributed by atoms with Crippen LogP contribution in [-0.4, -0.2) is 47.9 Å². The lowest BCUT2D eigenvalue weighted by molar-refractivity contribution is -0.119. The third-order valence-corrected chi connectivity index (χ3v) is 6.52. The van der Waals surface area contributed by atoms with E-state index in [4.69, 9.17) is 0 Å². The highest BCUT2D eigenvalue weighted by atomic mass is 19.1. The molecule has 2 aromatic heterocycles. The first-order valence-electron chi connectivity index (χ1n) is 10.3. The number of hydrogen-bond acceptors (Lipinski definition) is 7. The van der Waals surface area contributed by atoms with Crippen LogP contribution >= 0.6 is 0 Å². The van der Waals surface area contributed by atoms with Gasteiger partial charge >= 0.3 is 0 Å². The average molecular weight is 409 g/mol. The van der Waals surface area contributed by atoms with E-state index in [-0.39, 0.29) is 6.04 Å². The summed E-state index contributed by atoms with van der Waals surface area (Å²) in [7, 11) is 0. The van der Waals surface area contributed by atoms with Gasteiger partial charge in [-0.1, -0.05) is 0 Å². The number of carbonyl (C=O) groups excluding carboxylic acids is 1. The van der Waals surface area contributed by atoms with E-state index in [1.165, 1.54) is 16.9 Å². The number of fused-ring (bicyclic) bond motifs is 2. The number of nitrogens with zero attached hydrogens (tertiary/aromatic N) is 6. The Kier molecular flexibility index (Phi) is 4.32. The van der Waals surface area contributed by atoms with Crippen molar-refractivity contribution in [2.45, 2.75) is 56.9 Å². The van der Waals surface area contributed by atoms with Crippen molar-refractivity contribution in [3.8, 4) is 0 Å². The molecule has 2 aromatic rings. The Bertz CT molecular complexity index is 1010. The van der Waals surface area contributed by atoms with E-state index >= 15 is 0 Å². The highest BCUT2D eigenvalue weighted by molar-refractivity contribution is 5.62. The molecule has 2 bridgehead atoms. The summed E-state index contributed by atoms with van der Waals surface area (Å²) >= 11 is 0. The summed E-state index contributed by atoms with van der Waals surface area (Å²) in [5.74, 6) is -0.635. The number of hydrogen-bond donors (Lipinski definition) is 1. The molecule has 2 aliphatic heterocycles. The van der Waals surface area contributed by atoms with Crippen LogP contribution in [0.3, 0.4) is 0 Å². The molecule has 1 N–H and O–H groups in total. The van der Waals surface area contributed by atoms with Gasteiger partial charge in [0.25, 0.3) is 0 Å². The zero-order chi connectivity index (χ0) is 20.9. The van der Waals surface area contributed by atoms with Gasteiger partial charge in [-0.25, -0.2) is 19.3 Å². The normalized spacial score (nSPS) is 33.0. The zero-order valence-corrected chi connectivity index (χ0v) is 17.0. The van der Waals surface area contributed by atoms with Crippen molar-refractivity contribution in [2.24, 2.45) is 5.92 Å². The zero-order valence-electron chi connectivity index (χ0n) is 17.0. The fourth-order valence-corrected chi connectivity index (χ4v) is 5.48. The SMILES string of the molecule is Cc1cc(C)nc(NC23CCC(CC2)N3C2(n3nccn3)C=CC(F)=CC2C=O)n1. The Hall–Kier alpha value is -2.94. The molecule has 1 aliphatic carbocycles. The smallest absolute Gasteiger partial charge is 0.224 e. The first-order chi connectivity index (χ1) is 14.5. The first-order valence-corrected chi connectivity index (χ1v) is 10.3.